The van der Waals surface area contributed by atoms with Crippen LogP contribution in [-0.2, 0) is 23.7 Å². The van der Waals surface area contributed by atoms with Crippen molar-refractivity contribution in [2.75, 3.05) is 33.0 Å². The number of aliphatic hydroxyl groups is 6. The molecule has 0 aromatic heterocycles. The van der Waals surface area contributed by atoms with Crippen molar-refractivity contribution >= 4 is 5.97 Å². The lowest BCUT2D eigenvalue weighted by Crippen LogP contribution is -2.48. The second-order valence-electron chi connectivity index (χ2n) is 7.11. The molecule has 2 unspecified atom stereocenters. The minimum absolute atomic E-state index is 0.108. The molecule has 194 valence electrons. The van der Waals surface area contributed by atoms with Gasteiger partial charge in [-0.05, 0) is 25.8 Å². The number of ether oxygens (including phenoxy) is 4. The van der Waals surface area contributed by atoms with Crippen molar-refractivity contribution in [3.05, 3.63) is 10.4 Å². The minimum atomic E-state index is -1.53. The molecule has 0 aliphatic rings. The summed E-state index contributed by atoms with van der Waals surface area (Å²) in [7, 11) is 0. The molecule has 0 heterocycles. The third kappa shape index (κ3) is 13.0. The zero-order valence-corrected chi connectivity index (χ0v) is 18.6. The van der Waals surface area contributed by atoms with Crippen molar-refractivity contribution in [3.63, 3.8) is 0 Å². The van der Waals surface area contributed by atoms with Crippen LogP contribution in [0.4, 0.5) is 0 Å². The summed E-state index contributed by atoms with van der Waals surface area (Å²) < 4.78 is 21.9. The summed E-state index contributed by atoms with van der Waals surface area (Å²) in [4.78, 5) is 13.4. The van der Waals surface area contributed by atoms with Gasteiger partial charge in [-0.1, -0.05) is 5.11 Å². The van der Waals surface area contributed by atoms with E-state index in [-0.39, 0.29) is 19.6 Å². The average Bonchev–Trinajstić information content (AvgIpc) is 2.77. The van der Waals surface area contributed by atoms with Crippen molar-refractivity contribution in [2.45, 2.75) is 75.9 Å². The van der Waals surface area contributed by atoms with Gasteiger partial charge in [-0.15, -0.1) is 0 Å². The van der Waals surface area contributed by atoms with Crippen LogP contribution in [0.25, 0.3) is 10.4 Å². The summed E-state index contributed by atoms with van der Waals surface area (Å²) in [5.74, 6) is -1.17. The lowest BCUT2D eigenvalue weighted by atomic mass is 10.1. The first-order valence-corrected chi connectivity index (χ1v) is 10.3. The van der Waals surface area contributed by atoms with Crippen molar-refractivity contribution in [3.8, 4) is 0 Å². The Balaban J connectivity index is 5.56. The van der Waals surface area contributed by atoms with Gasteiger partial charge in [0.15, 0.2) is 12.6 Å². The lowest BCUT2D eigenvalue weighted by Gasteiger charge is -2.35. The van der Waals surface area contributed by atoms with E-state index in [0.717, 1.165) is 0 Å². The Bertz CT molecular complexity index is 576. The van der Waals surface area contributed by atoms with Gasteiger partial charge in [0.25, 0.3) is 0 Å². The fraction of sp³-hybridized carbons (Fsp3) is 0.944. The normalized spacial score (nSPS) is 18.9. The highest BCUT2D eigenvalue weighted by Gasteiger charge is 2.34. The van der Waals surface area contributed by atoms with Crippen LogP contribution in [0.15, 0.2) is 5.11 Å². The molecular formula is C18H35N3O12. The fourth-order valence-corrected chi connectivity index (χ4v) is 2.50. The van der Waals surface area contributed by atoms with Gasteiger partial charge in [-0.25, -0.2) is 0 Å². The number of azide groups is 1. The topological polar surface area (TPSA) is 244 Å². The number of nitrogens with zero attached hydrogens (tertiary/aromatic N) is 3. The number of carboxylic acid groups (broad SMARTS) is 1. The van der Waals surface area contributed by atoms with E-state index < -0.39 is 81.4 Å². The Hall–Kier alpha value is -1.62. The molecule has 0 fully saturated rings. The van der Waals surface area contributed by atoms with E-state index in [1.54, 1.807) is 0 Å². The Morgan fingerprint density at radius 1 is 0.909 bits per heavy atom. The lowest BCUT2D eigenvalue weighted by molar-refractivity contribution is -0.305. The summed E-state index contributed by atoms with van der Waals surface area (Å²) in [6.45, 7) is 0.212. The van der Waals surface area contributed by atoms with Crippen molar-refractivity contribution in [2.24, 2.45) is 5.11 Å². The molecule has 0 spiro atoms. The van der Waals surface area contributed by atoms with E-state index in [4.69, 9.17) is 29.6 Å². The van der Waals surface area contributed by atoms with Gasteiger partial charge in [-0.2, -0.15) is 0 Å². The van der Waals surface area contributed by atoms with Crippen LogP contribution in [0.1, 0.15) is 26.7 Å². The number of aliphatic hydroxyl groups excluding tert-OH is 6. The zero-order chi connectivity index (χ0) is 25.4. The molecule has 0 aromatic carbocycles. The molecule has 15 heteroatoms. The minimum Gasteiger partial charge on any atom is -0.481 e. The number of hydrogen-bond donors (Lipinski definition) is 7. The van der Waals surface area contributed by atoms with Gasteiger partial charge in [0, 0.05) is 17.9 Å². The van der Waals surface area contributed by atoms with E-state index >= 15 is 0 Å². The second kappa shape index (κ2) is 17.8. The Labute approximate surface area is 190 Å². The highest BCUT2D eigenvalue weighted by molar-refractivity contribution is 5.66. The fourth-order valence-electron chi connectivity index (χ4n) is 2.50. The molecule has 15 nitrogen and oxygen atoms in total. The largest absolute Gasteiger partial charge is 0.481 e. The third-order valence-electron chi connectivity index (χ3n) is 4.32. The number of carboxylic acids is 1. The molecule has 33 heavy (non-hydrogen) atoms. The van der Waals surface area contributed by atoms with E-state index in [1.165, 1.54) is 13.8 Å². The maximum absolute atomic E-state index is 10.9. The van der Waals surface area contributed by atoms with Gasteiger partial charge in [0.1, 0.15) is 24.4 Å². The monoisotopic (exact) mass is 485 g/mol. The van der Waals surface area contributed by atoms with Crippen molar-refractivity contribution in [1.82, 2.24) is 0 Å². The van der Waals surface area contributed by atoms with E-state index in [2.05, 4.69) is 10.0 Å². The number of carbonyl (C=O) groups is 1. The molecule has 0 saturated heterocycles. The molecule has 0 bridgehead atoms. The molecule has 8 atom stereocenters. The van der Waals surface area contributed by atoms with Gasteiger partial charge in [-0.3, -0.25) is 4.79 Å². The first kappa shape index (κ1) is 31.4. The van der Waals surface area contributed by atoms with Gasteiger partial charge in [0.05, 0.1) is 38.6 Å². The van der Waals surface area contributed by atoms with Crippen LogP contribution in [0.2, 0.25) is 0 Å². The third-order valence-corrected chi connectivity index (χ3v) is 4.32. The van der Waals surface area contributed by atoms with Crippen LogP contribution in [0.3, 0.4) is 0 Å². The summed E-state index contributed by atoms with van der Waals surface area (Å²) in [6, 6.07) is 0. The maximum atomic E-state index is 10.9. The molecule has 7 N–H and O–H groups in total. The predicted octanol–water partition coefficient (Wildman–Crippen LogP) is -1.91. The SMILES string of the molecule is C[C@H](O)C(CO)O[C@H](OCCN=[N+]=[N-])[C@@H](CO)O[C@@H](OC(CCC(=O)O)[C@@H](O)CO)[C@@H](C)O. The van der Waals surface area contributed by atoms with Crippen molar-refractivity contribution in [1.29, 1.82) is 0 Å². The van der Waals surface area contributed by atoms with Crippen LogP contribution < -0.4 is 0 Å². The summed E-state index contributed by atoms with van der Waals surface area (Å²) >= 11 is 0. The summed E-state index contributed by atoms with van der Waals surface area (Å²) in [6.07, 6.45) is -11.3. The number of hydrogen-bond acceptors (Lipinski definition) is 12. The highest BCUT2D eigenvalue weighted by Crippen LogP contribution is 2.19. The van der Waals surface area contributed by atoms with E-state index in [1.807, 2.05) is 0 Å². The molecule has 0 aromatic rings. The Morgan fingerprint density at radius 3 is 1.94 bits per heavy atom. The predicted molar refractivity (Wildman–Crippen MR) is 110 cm³/mol. The first-order valence-electron chi connectivity index (χ1n) is 10.3. The summed E-state index contributed by atoms with van der Waals surface area (Å²) in [5, 5.41) is 70.4. The highest BCUT2D eigenvalue weighted by atomic mass is 16.7. The Morgan fingerprint density at radius 2 is 1.48 bits per heavy atom. The Kier molecular flexibility index (Phi) is 16.9. The van der Waals surface area contributed by atoms with Gasteiger partial charge < -0.3 is 54.7 Å². The van der Waals surface area contributed by atoms with Crippen LogP contribution in [-0.4, -0.2) is 124 Å². The molecule has 0 saturated carbocycles. The first-order chi connectivity index (χ1) is 15.6. The molecular weight excluding hydrogens is 450 g/mol. The van der Waals surface area contributed by atoms with Gasteiger partial charge in [0.2, 0.25) is 0 Å². The van der Waals surface area contributed by atoms with E-state index in [9.17, 15) is 35.4 Å². The number of aliphatic carboxylic acids is 1. The maximum Gasteiger partial charge on any atom is 0.303 e. The molecule has 0 radical (unpaired) electrons. The van der Waals surface area contributed by atoms with Crippen LogP contribution >= 0.6 is 0 Å². The summed E-state index contributed by atoms with van der Waals surface area (Å²) in [5.41, 5.74) is 8.37. The van der Waals surface area contributed by atoms with Crippen molar-refractivity contribution < 1.29 is 59.5 Å². The molecule has 0 aliphatic heterocycles. The van der Waals surface area contributed by atoms with E-state index in [0.29, 0.717) is 0 Å². The van der Waals surface area contributed by atoms with Crippen LogP contribution in [0, 0.1) is 0 Å². The smallest absolute Gasteiger partial charge is 0.303 e. The molecule has 0 rings (SSSR count). The average molecular weight is 485 g/mol. The molecule has 0 aliphatic carbocycles. The van der Waals surface area contributed by atoms with Crippen LogP contribution in [0.5, 0.6) is 0 Å². The number of rotatable bonds is 20. The second-order valence-corrected chi connectivity index (χ2v) is 7.11. The quantitative estimate of drug-likeness (QED) is 0.0328. The standard InChI is InChI=1S/C18H35N3O12/c1-10(25)14(8-23)32-18(30-6-5-20-21-19)15(9-24)33-17(11(2)26)31-13(12(27)7-22)3-4-16(28)29/h10-15,17-18,22-27H,3-9H2,1-2H3,(H,28,29)/t10-,11+,12-,13?,14?,15+,17+,18-/m0/s1. The molecule has 0 amide bonds. The zero-order valence-electron chi connectivity index (χ0n) is 18.6. The van der Waals surface area contributed by atoms with Gasteiger partial charge >= 0.3 is 5.97 Å².